The Kier molecular flexibility index (Phi) is 4.03. The first-order valence-corrected chi connectivity index (χ1v) is 5.30. The van der Waals surface area contributed by atoms with Crippen LogP contribution in [0.1, 0.15) is 24.7 Å². The third-order valence-corrected chi connectivity index (χ3v) is 2.29. The molecule has 2 N–H and O–H groups in total. The lowest BCUT2D eigenvalue weighted by Crippen LogP contribution is -2.23. The Balaban J connectivity index is 2.88. The molecular formula is C11H20N4. The summed E-state index contributed by atoms with van der Waals surface area (Å²) >= 11 is 0. The van der Waals surface area contributed by atoms with Crippen LogP contribution in [0.15, 0.2) is 6.07 Å². The van der Waals surface area contributed by atoms with Gasteiger partial charge in [0.25, 0.3) is 0 Å². The summed E-state index contributed by atoms with van der Waals surface area (Å²) in [6.45, 7) is 4.07. The number of hydrogen-bond acceptors (Lipinski definition) is 4. The fraction of sp³-hybridized carbons (Fsp3) is 0.636. The molecular weight excluding hydrogens is 188 g/mol. The molecule has 0 radical (unpaired) electrons. The maximum atomic E-state index is 5.91. The van der Waals surface area contributed by atoms with Crippen molar-refractivity contribution in [3.8, 4) is 0 Å². The molecule has 0 bridgehead atoms. The molecule has 0 fully saturated rings. The monoisotopic (exact) mass is 208 g/mol. The van der Waals surface area contributed by atoms with E-state index in [4.69, 9.17) is 5.73 Å². The predicted molar refractivity (Wildman–Crippen MR) is 63.1 cm³/mol. The lowest BCUT2D eigenvalue weighted by atomic mass is 10.1. The summed E-state index contributed by atoms with van der Waals surface area (Å²) in [7, 11) is 3.89. The summed E-state index contributed by atoms with van der Waals surface area (Å²) in [5.74, 6) is 0.758. The second kappa shape index (κ2) is 5.07. The predicted octanol–water partition coefficient (Wildman–Crippen LogP) is 1.13. The molecule has 4 heteroatoms. The normalized spacial score (nSPS) is 12.6. The van der Waals surface area contributed by atoms with Crippen LogP contribution < -0.4 is 10.6 Å². The minimum absolute atomic E-state index is 0.189. The van der Waals surface area contributed by atoms with Crippen molar-refractivity contribution in [1.82, 2.24) is 9.97 Å². The van der Waals surface area contributed by atoms with Crippen molar-refractivity contribution in [2.45, 2.75) is 32.7 Å². The molecule has 1 aromatic heterocycles. The van der Waals surface area contributed by atoms with Crippen LogP contribution in [0, 0.1) is 6.92 Å². The van der Waals surface area contributed by atoms with Gasteiger partial charge in [-0.1, -0.05) is 6.92 Å². The second-order valence-corrected chi connectivity index (χ2v) is 4.07. The molecule has 1 unspecified atom stereocenters. The fourth-order valence-corrected chi connectivity index (χ4v) is 1.33. The van der Waals surface area contributed by atoms with Gasteiger partial charge < -0.3 is 10.6 Å². The van der Waals surface area contributed by atoms with Crippen LogP contribution in [-0.2, 0) is 6.42 Å². The minimum Gasteiger partial charge on any atom is -0.347 e. The Hall–Kier alpha value is -1.16. The number of anilines is 1. The fourth-order valence-electron chi connectivity index (χ4n) is 1.33. The average Bonchev–Trinajstić information content (AvgIpc) is 2.16. The molecule has 84 valence electrons. The molecule has 0 spiro atoms. The highest BCUT2D eigenvalue weighted by molar-refractivity contribution is 5.30. The van der Waals surface area contributed by atoms with Crippen molar-refractivity contribution < 1.29 is 0 Å². The van der Waals surface area contributed by atoms with Gasteiger partial charge in [-0.3, -0.25) is 0 Å². The highest BCUT2D eigenvalue weighted by Crippen LogP contribution is 2.09. The lowest BCUT2D eigenvalue weighted by molar-refractivity contribution is 0.634. The summed E-state index contributed by atoms with van der Waals surface area (Å²) < 4.78 is 0. The van der Waals surface area contributed by atoms with E-state index < -0.39 is 0 Å². The lowest BCUT2D eigenvalue weighted by Gasteiger charge is -2.14. The van der Waals surface area contributed by atoms with Crippen LogP contribution in [0.2, 0.25) is 0 Å². The molecule has 0 aromatic carbocycles. The molecule has 0 aliphatic heterocycles. The average molecular weight is 208 g/mol. The first kappa shape index (κ1) is 11.9. The smallest absolute Gasteiger partial charge is 0.225 e. The van der Waals surface area contributed by atoms with Gasteiger partial charge in [-0.15, -0.1) is 0 Å². The van der Waals surface area contributed by atoms with Gasteiger partial charge in [-0.2, -0.15) is 0 Å². The van der Waals surface area contributed by atoms with E-state index in [0.717, 1.165) is 30.2 Å². The van der Waals surface area contributed by atoms with E-state index in [9.17, 15) is 0 Å². The van der Waals surface area contributed by atoms with E-state index in [1.165, 1.54) is 0 Å². The van der Waals surface area contributed by atoms with Gasteiger partial charge in [-0.25, -0.2) is 9.97 Å². The molecule has 1 aromatic rings. The molecule has 1 rings (SSSR count). The zero-order valence-corrected chi connectivity index (χ0v) is 9.99. The summed E-state index contributed by atoms with van der Waals surface area (Å²) in [5, 5.41) is 0. The van der Waals surface area contributed by atoms with Crippen molar-refractivity contribution in [1.29, 1.82) is 0 Å². The van der Waals surface area contributed by atoms with Crippen molar-refractivity contribution >= 4 is 5.95 Å². The van der Waals surface area contributed by atoms with Crippen LogP contribution in [-0.4, -0.2) is 30.1 Å². The Morgan fingerprint density at radius 2 is 2.07 bits per heavy atom. The number of nitrogens with two attached hydrogens (primary N) is 1. The number of nitrogens with zero attached hydrogens (tertiary/aromatic N) is 3. The molecule has 15 heavy (non-hydrogen) atoms. The quantitative estimate of drug-likeness (QED) is 0.806. The molecule has 0 aliphatic carbocycles. The maximum Gasteiger partial charge on any atom is 0.225 e. The number of rotatable bonds is 4. The highest BCUT2D eigenvalue weighted by atomic mass is 15.2. The van der Waals surface area contributed by atoms with Crippen molar-refractivity contribution in [2.24, 2.45) is 5.73 Å². The van der Waals surface area contributed by atoms with Gasteiger partial charge in [0.05, 0.1) is 0 Å². The van der Waals surface area contributed by atoms with Gasteiger partial charge in [0.2, 0.25) is 5.95 Å². The van der Waals surface area contributed by atoms with Crippen LogP contribution in [0.4, 0.5) is 5.95 Å². The molecule has 1 heterocycles. The zero-order chi connectivity index (χ0) is 11.4. The SMILES string of the molecule is CCC(N)Cc1cc(C)nc(N(C)C)n1. The number of hydrogen-bond donors (Lipinski definition) is 1. The Morgan fingerprint density at radius 3 is 2.60 bits per heavy atom. The zero-order valence-electron chi connectivity index (χ0n) is 9.99. The van der Waals surface area contributed by atoms with Crippen LogP contribution in [0.3, 0.4) is 0 Å². The van der Waals surface area contributed by atoms with E-state index in [1.54, 1.807) is 0 Å². The molecule has 0 saturated carbocycles. The third kappa shape index (κ3) is 3.47. The van der Waals surface area contributed by atoms with Gasteiger partial charge in [-0.05, 0) is 19.4 Å². The minimum atomic E-state index is 0.189. The van der Waals surface area contributed by atoms with Crippen LogP contribution in [0.5, 0.6) is 0 Å². The Labute approximate surface area is 91.5 Å². The van der Waals surface area contributed by atoms with E-state index in [-0.39, 0.29) is 6.04 Å². The van der Waals surface area contributed by atoms with Gasteiger partial charge in [0.15, 0.2) is 0 Å². The van der Waals surface area contributed by atoms with Gasteiger partial charge in [0, 0.05) is 37.9 Å². The second-order valence-electron chi connectivity index (χ2n) is 4.07. The molecule has 0 aliphatic rings. The standard InChI is InChI=1S/C11H20N4/c1-5-9(12)7-10-6-8(2)13-11(14-10)15(3)4/h6,9H,5,7,12H2,1-4H3. The first-order valence-electron chi connectivity index (χ1n) is 5.30. The van der Waals surface area contributed by atoms with E-state index in [1.807, 2.05) is 32.0 Å². The van der Waals surface area contributed by atoms with E-state index in [2.05, 4.69) is 16.9 Å². The highest BCUT2D eigenvalue weighted by Gasteiger charge is 2.07. The first-order chi connectivity index (χ1) is 7.02. The van der Waals surface area contributed by atoms with Crippen molar-refractivity contribution in [2.75, 3.05) is 19.0 Å². The number of aryl methyl sites for hydroxylation is 1. The van der Waals surface area contributed by atoms with E-state index in [0.29, 0.717) is 0 Å². The largest absolute Gasteiger partial charge is 0.347 e. The van der Waals surface area contributed by atoms with Gasteiger partial charge >= 0.3 is 0 Å². The summed E-state index contributed by atoms with van der Waals surface area (Å²) in [6, 6.07) is 2.19. The number of aromatic nitrogens is 2. The van der Waals surface area contributed by atoms with Gasteiger partial charge in [0.1, 0.15) is 0 Å². The molecule has 1 atom stereocenters. The molecule has 0 amide bonds. The molecule has 0 saturated heterocycles. The molecule has 4 nitrogen and oxygen atoms in total. The maximum absolute atomic E-state index is 5.91. The summed E-state index contributed by atoms with van der Waals surface area (Å²) in [4.78, 5) is 10.7. The summed E-state index contributed by atoms with van der Waals surface area (Å²) in [6.07, 6.45) is 1.79. The Bertz CT molecular complexity index is 322. The Morgan fingerprint density at radius 1 is 1.40 bits per heavy atom. The van der Waals surface area contributed by atoms with Crippen molar-refractivity contribution in [3.05, 3.63) is 17.5 Å². The van der Waals surface area contributed by atoms with E-state index >= 15 is 0 Å². The van der Waals surface area contributed by atoms with Crippen LogP contribution >= 0.6 is 0 Å². The van der Waals surface area contributed by atoms with Crippen LogP contribution in [0.25, 0.3) is 0 Å². The summed E-state index contributed by atoms with van der Waals surface area (Å²) in [5.41, 5.74) is 7.93. The van der Waals surface area contributed by atoms with Crippen molar-refractivity contribution in [3.63, 3.8) is 0 Å². The topological polar surface area (TPSA) is 55.0 Å². The third-order valence-electron chi connectivity index (χ3n) is 2.29.